The van der Waals surface area contributed by atoms with Crippen molar-refractivity contribution in [3.8, 4) is 0 Å². The van der Waals surface area contributed by atoms with Crippen molar-refractivity contribution in [2.45, 2.75) is 386 Å². The number of carbonyl (C=O) groups excluding carboxylic acids is 3. The van der Waals surface area contributed by atoms with Crippen molar-refractivity contribution in [1.29, 1.82) is 0 Å². The molecule has 0 aliphatic rings. The third-order valence-electron chi connectivity index (χ3n) is 15.8. The third kappa shape index (κ3) is 66.1. The highest BCUT2D eigenvalue weighted by Crippen LogP contribution is 2.18. The monoisotopic (exact) mass is 1110 g/mol. The van der Waals surface area contributed by atoms with Gasteiger partial charge in [-0.25, -0.2) is 0 Å². The molecule has 0 fully saturated rings. The lowest BCUT2D eigenvalue weighted by molar-refractivity contribution is -0.167. The molecule has 0 aromatic rings. The van der Waals surface area contributed by atoms with Gasteiger partial charge in [0.15, 0.2) is 6.10 Å². The van der Waals surface area contributed by atoms with Crippen LogP contribution in [-0.4, -0.2) is 37.2 Å². The van der Waals surface area contributed by atoms with E-state index in [1.54, 1.807) is 0 Å². The largest absolute Gasteiger partial charge is 0.462 e. The Kier molecular flexibility index (Phi) is 65.6. The Morgan fingerprint density at radius 3 is 0.696 bits per heavy atom. The number of hydrogen-bond acceptors (Lipinski definition) is 6. The maximum Gasteiger partial charge on any atom is 0.306 e. The topological polar surface area (TPSA) is 78.9 Å². The molecule has 0 rings (SSSR count). The van der Waals surface area contributed by atoms with Gasteiger partial charge in [0.05, 0.1) is 0 Å². The summed E-state index contributed by atoms with van der Waals surface area (Å²) in [6.45, 7) is 6.63. The summed E-state index contributed by atoms with van der Waals surface area (Å²) < 4.78 is 16.9. The number of carbonyl (C=O) groups is 3. The molecule has 462 valence electrons. The Hall–Kier alpha value is -2.63. The van der Waals surface area contributed by atoms with Gasteiger partial charge in [-0.15, -0.1) is 0 Å². The quantitative estimate of drug-likeness (QED) is 0.0261. The van der Waals surface area contributed by atoms with Crippen molar-refractivity contribution in [3.63, 3.8) is 0 Å². The molecule has 0 saturated carbocycles. The van der Waals surface area contributed by atoms with Crippen LogP contribution in [0.15, 0.2) is 48.6 Å². The number of hydrogen-bond donors (Lipinski definition) is 0. The van der Waals surface area contributed by atoms with Gasteiger partial charge in [0, 0.05) is 19.3 Å². The second kappa shape index (κ2) is 67.9. The van der Waals surface area contributed by atoms with Crippen molar-refractivity contribution in [1.82, 2.24) is 0 Å². The Morgan fingerprint density at radius 2 is 0.456 bits per heavy atom. The van der Waals surface area contributed by atoms with E-state index in [0.717, 1.165) is 70.6 Å². The van der Waals surface area contributed by atoms with E-state index in [-0.39, 0.29) is 31.1 Å². The first-order chi connectivity index (χ1) is 39.0. The number of ether oxygens (including phenoxy) is 3. The minimum absolute atomic E-state index is 0.0700. The van der Waals surface area contributed by atoms with Crippen molar-refractivity contribution >= 4 is 17.9 Å². The highest BCUT2D eigenvalue weighted by Gasteiger charge is 2.19. The molecule has 1 unspecified atom stereocenters. The van der Waals surface area contributed by atoms with E-state index in [1.807, 2.05) is 0 Å². The minimum atomic E-state index is -0.771. The van der Waals surface area contributed by atoms with Crippen molar-refractivity contribution in [3.05, 3.63) is 48.6 Å². The molecular weight excluding hydrogens is 973 g/mol. The molecule has 6 heteroatoms. The van der Waals surface area contributed by atoms with Crippen LogP contribution in [0.25, 0.3) is 0 Å². The predicted octanol–water partition coefficient (Wildman–Crippen LogP) is 24.1. The van der Waals surface area contributed by atoms with Gasteiger partial charge in [0.25, 0.3) is 0 Å². The first kappa shape index (κ1) is 76.4. The molecule has 1 atom stereocenters. The van der Waals surface area contributed by atoms with E-state index in [4.69, 9.17) is 14.2 Å². The molecule has 79 heavy (non-hydrogen) atoms. The molecule has 0 N–H and O–H groups in total. The number of allylic oxidation sites excluding steroid dienone is 8. The minimum Gasteiger partial charge on any atom is -0.462 e. The van der Waals surface area contributed by atoms with Gasteiger partial charge in [-0.2, -0.15) is 0 Å². The average molecular weight is 1110 g/mol. The molecular formula is C73H134O6. The molecule has 0 spiro atoms. The molecule has 0 bridgehead atoms. The van der Waals surface area contributed by atoms with E-state index in [0.29, 0.717) is 19.3 Å². The number of rotatable bonds is 65. The van der Waals surface area contributed by atoms with Crippen LogP contribution in [0.1, 0.15) is 380 Å². The Morgan fingerprint density at radius 1 is 0.253 bits per heavy atom. The summed E-state index contributed by atoms with van der Waals surface area (Å²) in [5.74, 6) is -0.859. The lowest BCUT2D eigenvalue weighted by Crippen LogP contribution is -2.30. The van der Waals surface area contributed by atoms with E-state index >= 15 is 0 Å². The summed E-state index contributed by atoms with van der Waals surface area (Å²) >= 11 is 0. The highest BCUT2D eigenvalue weighted by atomic mass is 16.6. The van der Waals surface area contributed by atoms with Gasteiger partial charge in [0.2, 0.25) is 0 Å². The van der Waals surface area contributed by atoms with Gasteiger partial charge in [-0.1, -0.05) is 326 Å². The highest BCUT2D eigenvalue weighted by molar-refractivity contribution is 5.71. The Labute approximate surface area is 492 Å². The second-order valence-corrected chi connectivity index (χ2v) is 23.8. The molecule has 0 saturated heterocycles. The third-order valence-corrected chi connectivity index (χ3v) is 15.8. The van der Waals surface area contributed by atoms with Crippen LogP contribution in [0, 0.1) is 0 Å². The lowest BCUT2D eigenvalue weighted by atomic mass is 10.0. The number of unbranched alkanes of at least 4 members (excludes halogenated alkanes) is 46. The zero-order valence-corrected chi connectivity index (χ0v) is 53.2. The van der Waals surface area contributed by atoms with Crippen LogP contribution < -0.4 is 0 Å². The van der Waals surface area contributed by atoms with Crippen LogP contribution >= 0.6 is 0 Å². The number of esters is 3. The molecule has 0 heterocycles. The maximum atomic E-state index is 12.9. The maximum absolute atomic E-state index is 12.9. The van der Waals surface area contributed by atoms with Crippen LogP contribution in [0.4, 0.5) is 0 Å². The van der Waals surface area contributed by atoms with Crippen molar-refractivity contribution in [2.75, 3.05) is 13.2 Å². The SMILES string of the molecule is CCCCCCC/C=C\C/C=C\CCCCCCCCCCCCCCCCCCCCCCCC(=O)OCC(COC(=O)CCCCCCCCC)OC(=O)CCCCCCCCCCC/C=C\C/C=C\CCCCCCC. The molecule has 6 nitrogen and oxygen atoms in total. The summed E-state index contributed by atoms with van der Waals surface area (Å²) in [7, 11) is 0. The van der Waals surface area contributed by atoms with Gasteiger partial charge < -0.3 is 14.2 Å². The summed E-state index contributed by atoms with van der Waals surface area (Å²) in [5, 5.41) is 0. The standard InChI is InChI=1S/C73H134O6/c1-4-7-10-13-16-18-20-22-24-26-28-30-31-32-33-34-35-36-37-38-39-40-41-43-44-46-48-50-52-54-57-60-63-66-72(75)78-69-70(68-77-71(74)65-62-59-56-15-12-9-6-3)79-73(76)67-64-61-58-55-53-51-49-47-45-42-29-27-25-23-21-19-17-14-11-8-5-2/h20-23,26-29,70H,4-19,24-25,30-69H2,1-3H3/b22-20-,23-21-,28-26-,29-27-. The predicted molar refractivity (Wildman–Crippen MR) is 344 cm³/mol. The fourth-order valence-corrected chi connectivity index (χ4v) is 10.5. The summed E-state index contributed by atoms with van der Waals surface area (Å²) in [5.41, 5.74) is 0. The summed E-state index contributed by atoms with van der Waals surface area (Å²) in [6.07, 6.45) is 86.0. The van der Waals surface area contributed by atoms with Crippen LogP contribution in [0.2, 0.25) is 0 Å². The average Bonchev–Trinajstić information content (AvgIpc) is 3.45. The molecule has 0 radical (unpaired) electrons. The van der Waals surface area contributed by atoms with Gasteiger partial charge in [0.1, 0.15) is 13.2 Å². The summed E-state index contributed by atoms with van der Waals surface area (Å²) in [4.78, 5) is 38.1. The van der Waals surface area contributed by atoms with Crippen molar-refractivity contribution < 1.29 is 28.6 Å². The Balaban J connectivity index is 3.99. The normalized spacial score (nSPS) is 12.3. The van der Waals surface area contributed by atoms with E-state index in [9.17, 15) is 14.4 Å². The first-order valence-electron chi connectivity index (χ1n) is 35.1. The Bertz CT molecular complexity index is 1360. The zero-order valence-electron chi connectivity index (χ0n) is 53.2. The molecule has 0 aliphatic carbocycles. The van der Waals surface area contributed by atoms with Crippen LogP contribution in [-0.2, 0) is 28.6 Å². The van der Waals surface area contributed by atoms with Crippen LogP contribution in [0.3, 0.4) is 0 Å². The molecule has 0 aliphatic heterocycles. The zero-order chi connectivity index (χ0) is 57.1. The van der Waals surface area contributed by atoms with E-state index in [1.165, 1.54) is 270 Å². The van der Waals surface area contributed by atoms with Gasteiger partial charge in [-0.3, -0.25) is 14.4 Å². The molecule has 0 amide bonds. The smallest absolute Gasteiger partial charge is 0.306 e. The first-order valence-corrected chi connectivity index (χ1v) is 35.1. The second-order valence-electron chi connectivity index (χ2n) is 23.8. The van der Waals surface area contributed by atoms with Gasteiger partial charge >= 0.3 is 17.9 Å². The van der Waals surface area contributed by atoms with E-state index < -0.39 is 6.10 Å². The fraction of sp³-hybridized carbons (Fsp3) is 0.849. The molecule has 0 aromatic carbocycles. The lowest BCUT2D eigenvalue weighted by Gasteiger charge is -2.18. The van der Waals surface area contributed by atoms with Gasteiger partial charge in [-0.05, 0) is 83.5 Å². The summed E-state index contributed by atoms with van der Waals surface area (Å²) in [6, 6.07) is 0. The fourth-order valence-electron chi connectivity index (χ4n) is 10.5. The van der Waals surface area contributed by atoms with E-state index in [2.05, 4.69) is 69.4 Å². The van der Waals surface area contributed by atoms with Crippen molar-refractivity contribution in [2.24, 2.45) is 0 Å². The molecule has 0 aromatic heterocycles. The van der Waals surface area contributed by atoms with Crippen LogP contribution in [0.5, 0.6) is 0 Å².